The Hall–Kier alpha value is -2.47. The number of nitrogens with one attached hydrogen (secondary N) is 1. The number of carboxylic acids is 1. The highest BCUT2D eigenvalue weighted by molar-refractivity contribution is 9.10. The highest BCUT2D eigenvalue weighted by Gasteiger charge is 2.08. The monoisotopic (exact) mass is 343 g/mol. The normalized spacial score (nSPS) is 10.5. The topological polar surface area (TPSA) is 75.1 Å². The number of benzene rings is 2. The quantitative estimate of drug-likeness (QED) is 0.755. The molecule has 5 nitrogen and oxygen atoms in total. The van der Waals surface area contributed by atoms with Crippen molar-refractivity contribution in [2.75, 3.05) is 5.32 Å². The molecule has 0 saturated heterocycles. The molecular formula is C15H10BrN3O2. The summed E-state index contributed by atoms with van der Waals surface area (Å²) in [6.45, 7) is 0. The molecule has 21 heavy (non-hydrogen) atoms. The minimum Gasteiger partial charge on any atom is -0.478 e. The van der Waals surface area contributed by atoms with Gasteiger partial charge in [0, 0.05) is 16.1 Å². The van der Waals surface area contributed by atoms with Crippen LogP contribution in [0.5, 0.6) is 0 Å². The highest BCUT2D eigenvalue weighted by Crippen LogP contribution is 2.26. The van der Waals surface area contributed by atoms with E-state index in [-0.39, 0.29) is 5.56 Å². The first-order valence-corrected chi connectivity index (χ1v) is 6.94. The van der Waals surface area contributed by atoms with E-state index in [4.69, 9.17) is 5.11 Å². The van der Waals surface area contributed by atoms with Crippen LogP contribution in [-0.4, -0.2) is 21.0 Å². The van der Waals surface area contributed by atoms with Crippen LogP contribution in [-0.2, 0) is 0 Å². The lowest BCUT2D eigenvalue weighted by Crippen LogP contribution is -2.00. The van der Waals surface area contributed by atoms with Crippen LogP contribution in [0.2, 0.25) is 0 Å². The Balaban J connectivity index is 1.93. The molecular weight excluding hydrogens is 334 g/mol. The summed E-state index contributed by atoms with van der Waals surface area (Å²) in [7, 11) is 0. The third-order valence-electron chi connectivity index (χ3n) is 2.95. The molecule has 0 unspecified atom stereocenters. The molecule has 0 bridgehead atoms. The summed E-state index contributed by atoms with van der Waals surface area (Å²) < 4.78 is 0.638. The van der Waals surface area contributed by atoms with Crippen LogP contribution >= 0.6 is 15.9 Å². The second-order valence-corrected chi connectivity index (χ2v) is 5.23. The molecule has 0 aliphatic rings. The molecule has 0 amide bonds. The lowest BCUT2D eigenvalue weighted by Gasteiger charge is -2.08. The van der Waals surface area contributed by atoms with Gasteiger partial charge in [-0.05, 0) is 40.2 Å². The second-order valence-electron chi connectivity index (χ2n) is 4.38. The fourth-order valence-corrected chi connectivity index (χ4v) is 2.38. The van der Waals surface area contributed by atoms with E-state index in [0.29, 0.717) is 16.1 Å². The van der Waals surface area contributed by atoms with Gasteiger partial charge in [-0.15, -0.1) is 0 Å². The van der Waals surface area contributed by atoms with Crippen LogP contribution < -0.4 is 5.32 Å². The Morgan fingerprint density at radius 2 is 2.00 bits per heavy atom. The Kier molecular flexibility index (Phi) is 3.53. The molecule has 0 aliphatic carbocycles. The van der Waals surface area contributed by atoms with Crippen LogP contribution in [0.15, 0.2) is 53.1 Å². The molecule has 104 valence electrons. The summed E-state index contributed by atoms with van der Waals surface area (Å²) in [5, 5.41) is 13.0. The number of hydrogen-bond donors (Lipinski definition) is 2. The van der Waals surface area contributed by atoms with E-state index in [2.05, 4.69) is 31.2 Å². The van der Waals surface area contributed by atoms with E-state index in [9.17, 15) is 4.79 Å². The maximum absolute atomic E-state index is 10.9. The molecule has 6 heteroatoms. The number of aromatic carboxylic acids is 1. The largest absolute Gasteiger partial charge is 0.478 e. The zero-order chi connectivity index (χ0) is 14.8. The van der Waals surface area contributed by atoms with Crippen molar-refractivity contribution in [1.29, 1.82) is 0 Å². The summed E-state index contributed by atoms with van der Waals surface area (Å²) in [5.41, 5.74) is 1.76. The molecule has 2 N–H and O–H groups in total. The van der Waals surface area contributed by atoms with Crippen molar-refractivity contribution in [2.24, 2.45) is 0 Å². The zero-order valence-electron chi connectivity index (χ0n) is 10.7. The molecule has 0 aliphatic heterocycles. The summed E-state index contributed by atoms with van der Waals surface area (Å²) in [5.74, 6) is -0.512. The second kappa shape index (κ2) is 5.49. The van der Waals surface area contributed by atoms with Crippen LogP contribution in [0.1, 0.15) is 10.4 Å². The minimum atomic E-state index is -0.968. The molecule has 3 aromatic rings. The Labute approximate surface area is 128 Å². The first kappa shape index (κ1) is 13.5. The van der Waals surface area contributed by atoms with Gasteiger partial charge < -0.3 is 10.4 Å². The van der Waals surface area contributed by atoms with Crippen molar-refractivity contribution in [2.45, 2.75) is 0 Å². The van der Waals surface area contributed by atoms with Crippen LogP contribution in [0, 0.1) is 0 Å². The van der Waals surface area contributed by atoms with E-state index in [1.54, 1.807) is 12.3 Å². The Morgan fingerprint density at radius 3 is 2.76 bits per heavy atom. The molecule has 0 radical (unpaired) electrons. The maximum Gasteiger partial charge on any atom is 0.335 e. The number of nitrogens with zero attached hydrogens (tertiary/aromatic N) is 2. The van der Waals surface area contributed by atoms with Gasteiger partial charge >= 0.3 is 5.97 Å². The van der Waals surface area contributed by atoms with Crippen molar-refractivity contribution in [3.8, 4) is 0 Å². The lowest BCUT2D eigenvalue weighted by molar-refractivity contribution is 0.0697. The molecule has 0 saturated carbocycles. The van der Waals surface area contributed by atoms with Crippen LogP contribution in [0.3, 0.4) is 0 Å². The standard InChI is InChI=1S/C15H10BrN3O2/c16-11-7-9(14(20)21)5-6-13(11)19-15-17-8-10-3-1-2-4-12(10)18-15/h1-8H,(H,20,21)(H,17,18,19). The average Bonchev–Trinajstić information content (AvgIpc) is 2.49. The fourth-order valence-electron chi connectivity index (χ4n) is 1.90. The van der Waals surface area contributed by atoms with Crippen LogP contribution in [0.25, 0.3) is 10.9 Å². The molecule has 0 atom stereocenters. The SMILES string of the molecule is O=C(O)c1ccc(Nc2ncc3ccccc3n2)c(Br)c1. The van der Waals surface area contributed by atoms with Crippen molar-refractivity contribution in [3.05, 3.63) is 58.7 Å². The van der Waals surface area contributed by atoms with Gasteiger partial charge in [-0.1, -0.05) is 18.2 Å². The Morgan fingerprint density at radius 1 is 1.19 bits per heavy atom. The van der Waals surface area contributed by atoms with Gasteiger partial charge in [-0.2, -0.15) is 0 Å². The summed E-state index contributed by atoms with van der Waals surface area (Å²) in [6.07, 6.45) is 1.74. The number of anilines is 2. The molecule has 2 aromatic carbocycles. The van der Waals surface area contributed by atoms with Crippen molar-refractivity contribution in [1.82, 2.24) is 9.97 Å². The zero-order valence-corrected chi connectivity index (χ0v) is 12.3. The first-order valence-electron chi connectivity index (χ1n) is 6.15. The Bertz CT molecular complexity index is 836. The molecule has 1 heterocycles. The van der Waals surface area contributed by atoms with E-state index < -0.39 is 5.97 Å². The fraction of sp³-hybridized carbons (Fsp3) is 0. The van der Waals surface area contributed by atoms with E-state index in [0.717, 1.165) is 10.9 Å². The maximum atomic E-state index is 10.9. The lowest BCUT2D eigenvalue weighted by atomic mass is 10.2. The van der Waals surface area contributed by atoms with E-state index >= 15 is 0 Å². The molecule has 0 fully saturated rings. The third-order valence-corrected chi connectivity index (χ3v) is 3.61. The number of rotatable bonds is 3. The smallest absolute Gasteiger partial charge is 0.335 e. The van der Waals surface area contributed by atoms with E-state index in [1.165, 1.54) is 12.1 Å². The van der Waals surface area contributed by atoms with Crippen LogP contribution in [0.4, 0.5) is 11.6 Å². The van der Waals surface area contributed by atoms with Gasteiger partial charge in [0.1, 0.15) is 0 Å². The van der Waals surface area contributed by atoms with Crippen molar-refractivity contribution >= 4 is 44.4 Å². The van der Waals surface area contributed by atoms with Gasteiger partial charge in [-0.25, -0.2) is 14.8 Å². The van der Waals surface area contributed by atoms with Gasteiger partial charge in [-0.3, -0.25) is 0 Å². The minimum absolute atomic E-state index is 0.215. The molecule has 0 spiro atoms. The highest BCUT2D eigenvalue weighted by atomic mass is 79.9. The summed E-state index contributed by atoms with van der Waals surface area (Å²) in [4.78, 5) is 19.6. The molecule has 1 aromatic heterocycles. The van der Waals surface area contributed by atoms with E-state index in [1.807, 2.05) is 24.3 Å². The average molecular weight is 344 g/mol. The van der Waals surface area contributed by atoms with Gasteiger partial charge in [0.15, 0.2) is 0 Å². The summed E-state index contributed by atoms with van der Waals surface area (Å²) in [6, 6.07) is 12.4. The third kappa shape index (κ3) is 2.85. The predicted molar refractivity (Wildman–Crippen MR) is 83.9 cm³/mol. The number of aromatic nitrogens is 2. The number of fused-ring (bicyclic) bond motifs is 1. The van der Waals surface area contributed by atoms with Crippen molar-refractivity contribution in [3.63, 3.8) is 0 Å². The number of carbonyl (C=O) groups is 1. The number of hydrogen-bond acceptors (Lipinski definition) is 4. The first-order chi connectivity index (χ1) is 10.1. The summed E-state index contributed by atoms with van der Waals surface area (Å²) >= 11 is 3.34. The predicted octanol–water partition coefficient (Wildman–Crippen LogP) is 3.83. The number of para-hydroxylation sites is 1. The van der Waals surface area contributed by atoms with Crippen molar-refractivity contribution < 1.29 is 9.90 Å². The number of carboxylic acid groups (broad SMARTS) is 1. The molecule has 3 rings (SSSR count). The number of halogens is 1. The van der Waals surface area contributed by atoms with Gasteiger partial charge in [0.2, 0.25) is 5.95 Å². The van der Waals surface area contributed by atoms with Gasteiger partial charge in [0.05, 0.1) is 16.8 Å². The van der Waals surface area contributed by atoms with Gasteiger partial charge in [0.25, 0.3) is 0 Å².